The molecule has 2 aromatic heterocycles. The molecule has 0 amide bonds. The molecule has 0 atom stereocenters. The van der Waals surface area contributed by atoms with Crippen molar-refractivity contribution in [3.05, 3.63) is 211 Å². The molecule has 8 aromatic carbocycles. The van der Waals surface area contributed by atoms with Gasteiger partial charge in [0.05, 0.1) is 17.6 Å². The van der Waals surface area contributed by atoms with Crippen LogP contribution in [0.25, 0.3) is 69.9 Å². The summed E-state index contributed by atoms with van der Waals surface area (Å²) < 4.78 is 5.08. The van der Waals surface area contributed by atoms with Crippen molar-refractivity contribution in [2.45, 2.75) is 19.6 Å². The number of nitrogens with zero attached hydrogens (tertiary/aromatic N) is 3. The van der Waals surface area contributed by atoms with E-state index < -0.39 is 0 Å². The highest BCUT2D eigenvalue weighted by Crippen LogP contribution is 2.42. The van der Waals surface area contributed by atoms with Gasteiger partial charge in [-0.2, -0.15) is 5.12 Å². The Morgan fingerprint density at radius 3 is 1.91 bits per heavy atom. The van der Waals surface area contributed by atoms with E-state index >= 15 is 0 Å². The van der Waals surface area contributed by atoms with Crippen LogP contribution in [0.4, 0.5) is 0 Å². The molecule has 2 heterocycles. The maximum Gasteiger partial charge on any atom is 0.0547 e. The molecular formula is C51H40N4S. The second-order valence-electron chi connectivity index (χ2n) is 14.5. The van der Waals surface area contributed by atoms with Gasteiger partial charge in [0, 0.05) is 49.7 Å². The van der Waals surface area contributed by atoms with Crippen LogP contribution in [-0.2, 0) is 19.6 Å². The van der Waals surface area contributed by atoms with Gasteiger partial charge < -0.3 is 4.57 Å². The van der Waals surface area contributed by atoms with Gasteiger partial charge in [0.25, 0.3) is 0 Å². The van der Waals surface area contributed by atoms with E-state index in [1.807, 2.05) is 16.5 Å². The van der Waals surface area contributed by atoms with E-state index in [9.17, 15) is 0 Å². The van der Waals surface area contributed by atoms with Gasteiger partial charge in [-0.25, -0.2) is 5.01 Å². The number of hydrogen-bond acceptors (Lipinski definition) is 4. The van der Waals surface area contributed by atoms with Crippen LogP contribution < -0.4 is 5.84 Å². The summed E-state index contributed by atoms with van der Waals surface area (Å²) in [5.41, 5.74) is 11.9. The number of para-hydroxylation sites is 1. The molecule has 0 saturated carbocycles. The summed E-state index contributed by atoms with van der Waals surface area (Å²) in [6, 6.07) is 69.9. The van der Waals surface area contributed by atoms with E-state index in [1.54, 1.807) is 0 Å². The highest BCUT2D eigenvalue weighted by atomic mass is 32.1. The van der Waals surface area contributed by atoms with Crippen LogP contribution in [0.3, 0.4) is 0 Å². The Labute approximate surface area is 330 Å². The molecule has 0 unspecified atom stereocenters. The van der Waals surface area contributed by atoms with E-state index in [1.165, 1.54) is 75.4 Å². The summed E-state index contributed by atoms with van der Waals surface area (Å²) in [5.74, 6) is 7.01. The molecule has 0 bridgehead atoms. The molecule has 10 rings (SSSR count). The summed E-state index contributed by atoms with van der Waals surface area (Å²) in [6.45, 7) is 1.91. The van der Waals surface area contributed by atoms with Crippen LogP contribution in [0, 0.1) is 0 Å². The highest BCUT2D eigenvalue weighted by Gasteiger charge is 2.18. The quantitative estimate of drug-likeness (QED) is 0.112. The first kappa shape index (κ1) is 34.2. The van der Waals surface area contributed by atoms with Crippen molar-refractivity contribution in [2.75, 3.05) is 0 Å². The Morgan fingerprint density at radius 2 is 1.05 bits per heavy atom. The molecule has 0 aliphatic heterocycles. The van der Waals surface area contributed by atoms with E-state index in [0.29, 0.717) is 19.6 Å². The molecule has 0 fully saturated rings. The second-order valence-corrected chi connectivity index (χ2v) is 15.6. The first-order valence-electron chi connectivity index (χ1n) is 19.1. The molecule has 10 aromatic rings. The first-order chi connectivity index (χ1) is 27.7. The summed E-state index contributed by atoms with van der Waals surface area (Å²) in [5, 5.41) is 9.25. The zero-order valence-electron chi connectivity index (χ0n) is 30.9. The van der Waals surface area contributed by atoms with Crippen molar-refractivity contribution in [3.63, 3.8) is 0 Å². The average molecular weight is 741 g/mol. The third-order valence-corrected chi connectivity index (χ3v) is 12.1. The summed E-state index contributed by atoms with van der Waals surface area (Å²) in [4.78, 5) is 0. The van der Waals surface area contributed by atoms with Crippen LogP contribution in [0.15, 0.2) is 194 Å². The minimum absolute atomic E-state index is 0.579. The number of benzene rings is 8. The van der Waals surface area contributed by atoms with E-state index in [2.05, 4.69) is 204 Å². The van der Waals surface area contributed by atoms with Gasteiger partial charge in [-0.05, 0) is 75.3 Å². The molecule has 0 radical (unpaired) electrons. The SMILES string of the molecule is NN(Cc1cccc(-c2ccccc2)c1)N(Cc1ccccc1)Cc1cccc(-n2c3ccccc3c3ccc(-c4cccc5c4sc4ccccc45)cc32)c1. The number of nitrogens with two attached hydrogens (primary N) is 1. The Kier molecular flexibility index (Phi) is 8.98. The number of hydrazine groups is 2. The largest absolute Gasteiger partial charge is 0.309 e. The van der Waals surface area contributed by atoms with E-state index in [4.69, 9.17) is 5.84 Å². The predicted molar refractivity (Wildman–Crippen MR) is 236 cm³/mol. The molecule has 5 heteroatoms. The van der Waals surface area contributed by atoms with Gasteiger partial charge >= 0.3 is 0 Å². The zero-order chi connectivity index (χ0) is 37.4. The van der Waals surface area contributed by atoms with Crippen molar-refractivity contribution < 1.29 is 0 Å². The van der Waals surface area contributed by atoms with Gasteiger partial charge in [0.2, 0.25) is 0 Å². The molecule has 270 valence electrons. The number of aromatic nitrogens is 1. The van der Waals surface area contributed by atoms with Gasteiger partial charge in [-0.15, -0.1) is 11.3 Å². The summed E-state index contributed by atoms with van der Waals surface area (Å²) in [7, 11) is 0. The van der Waals surface area contributed by atoms with E-state index in [-0.39, 0.29) is 0 Å². The maximum absolute atomic E-state index is 7.01. The molecule has 0 aliphatic rings. The third kappa shape index (κ3) is 6.47. The fourth-order valence-electron chi connectivity index (χ4n) is 8.19. The molecular weight excluding hydrogens is 701 g/mol. The van der Waals surface area contributed by atoms with Gasteiger partial charge in [0.1, 0.15) is 0 Å². The molecule has 0 spiro atoms. The number of hydrogen-bond donors (Lipinski definition) is 1. The zero-order valence-corrected chi connectivity index (χ0v) is 31.7. The van der Waals surface area contributed by atoms with Crippen LogP contribution in [0.1, 0.15) is 16.7 Å². The van der Waals surface area contributed by atoms with E-state index in [0.717, 1.165) is 11.3 Å². The lowest BCUT2D eigenvalue weighted by atomic mass is 10.0. The van der Waals surface area contributed by atoms with Crippen LogP contribution >= 0.6 is 11.3 Å². The highest BCUT2D eigenvalue weighted by molar-refractivity contribution is 7.26. The van der Waals surface area contributed by atoms with Crippen molar-refractivity contribution in [2.24, 2.45) is 5.84 Å². The van der Waals surface area contributed by atoms with Crippen molar-refractivity contribution in [1.29, 1.82) is 0 Å². The number of rotatable bonds is 10. The molecule has 0 aliphatic carbocycles. The Morgan fingerprint density at radius 1 is 0.429 bits per heavy atom. The van der Waals surface area contributed by atoms with Crippen LogP contribution in [-0.4, -0.2) is 14.7 Å². The molecule has 4 nitrogen and oxygen atoms in total. The lowest BCUT2D eigenvalue weighted by molar-refractivity contribution is -0.0511. The average Bonchev–Trinajstić information content (AvgIpc) is 3.80. The lowest BCUT2D eigenvalue weighted by Gasteiger charge is -2.32. The lowest BCUT2D eigenvalue weighted by Crippen LogP contribution is -2.46. The predicted octanol–water partition coefficient (Wildman–Crippen LogP) is 12.8. The van der Waals surface area contributed by atoms with Gasteiger partial charge in [-0.1, -0.05) is 158 Å². The molecule has 2 N–H and O–H groups in total. The number of fused-ring (bicyclic) bond motifs is 6. The standard InChI is InChI=1S/C51H40N4S/c52-54(35-37-16-11-20-40(30-37)39-18-5-2-6-19-39)53(33-36-14-3-1-4-15-36)34-38-17-12-21-42(31-38)55-48-26-9-7-22-44(48)45-29-28-41(32-49(45)55)43-24-13-25-47-46-23-8-10-27-50(46)56-51(43)47/h1-32H,33-35,52H2. The summed E-state index contributed by atoms with van der Waals surface area (Å²) >= 11 is 1.88. The molecule has 0 saturated heterocycles. The fraction of sp³-hybridized carbons (Fsp3) is 0.0588. The number of thiophene rings is 1. The normalized spacial score (nSPS) is 11.8. The maximum atomic E-state index is 7.01. The smallest absolute Gasteiger partial charge is 0.0547 e. The summed E-state index contributed by atoms with van der Waals surface area (Å²) in [6.07, 6.45) is 0. The van der Waals surface area contributed by atoms with Crippen LogP contribution in [0.2, 0.25) is 0 Å². The minimum Gasteiger partial charge on any atom is -0.309 e. The van der Waals surface area contributed by atoms with Gasteiger partial charge in [-0.3, -0.25) is 5.84 Å². The second kappa shape index (κ2) is 14.7. The van der Waals surface area contributed by atoms with Crippen molar-refractivity contribution in [3.8, 4) is 27.9 Å². The van der Waals surface area contributed by atoms with Crippen molar-refractivity contribution >= 4 is 53.3 Å². The first-order valence-corrected chi connectivity index (χ1v) is 20.0. The minimum atomic E-state index is 0.579. The monoisotopic (exact) mass is 740 g/mol. The third-order valence-electron chi connectivity index (χ3n) is 10.9. The Bertz CT molecular complexity index is 2980. The van der Waals surface area contributed by atoms with Gasteiger partial charge in [0.15, 0.2) is 0 Å². The topological polar surface area (TPSA) is 37.4 Å². The fourth-order valence-corrected chi connectivity index (χ4v) is 9.43. The Balaban J connectivity index is 1.02. The van der Waals surface area contributed by atoms with Crippen molar-refractivity contribution in [1.82, 2.24) is 14.7 Å². The molecule has 56 heavy (non-hydrogen) atoms. The Hall–Kier alpha value is -6.34. The van der Waals surface area contributed by atoms with Crippen LogP contribution in [0.5, 0.6) is 0 Å².